The molecule has 0 aliphatic rings. The van der Waals surface area contributed by atoms with Crippen molar-refractivity contribution >= 4 is 34.7 Å². The van der Waals surface area contributed by atoms with Gasteiger partial charge < -0.3 is 20.3 Å². The third-order valence-electron chi connectivity index (χ3n) is 5.24. The lowest BCUT2D eigenvalue weighted by Gasteiger charge is -2.19. The number of hydrogen-bond acceptors (Lipinski definition) is 7. The van der Waals surface area contributed by atoms with Crippen LogP contribution in [0.1, 0.15) is 0 Å². The van der Waals surface area contributed by atoms with Crippen LogP contribution in [-0.4, -0.2) is 39.8 Å². The first-order valence-corrected chi connectivity index (χ1v) is 10.7. The fraction of sp³-hybridized carbons (Fsp3) is 0.120. The van der Waals surface area contributed by atoms with Gasteiger partial charge in [0.15, 0.2) is 0 Å². The molecule has 11 heteroatoms. The summed E-state index contributed by atoms with van der Waals surface area (Å²) in [5.74, 6) is -0.763. The van der Waals surface area contributed by atoms with E-state index in [1.165, 1.54) is 43.6 Å². The zero-order valence-electron chi connectivity index (χ0n) is 19.8. The first-order valence-electron chi connectivity index (χ1n) is 10.7. The average molecular weight is 492 g/mol. The van der Waals surface area contributed by atoms with E-state index in [-0.39, 0.29) is 17.5 Å². The molecule has 0 unspecified atom stereocenters. The van der Waals surface area contributed by atoms with E-state index in [1.54, 1.807) is 42.1 Å². The molecule has 0 fully saturated rings. The number of aromatic nitrogens is 4. The molecule has 9 nitrogen and oxygen atoms in total. The number of carbonyl (C=O) groups excluding carboxylic acids is 1. The Hall–Kier alpha value is -4.80. The highest BCUT2D eigenvalue weighted by Gasteiger charge is 2.17. The second-order valence-electron chi connectivity index (χ2n) is 7.76. The van der Waals surface area contributed by atoms with E-state index in [2.05, 4.69) is 32.3 Å². The fourth-order valence-electron chi connectivity index (χ4n) is 3.39. The summed E-state index contributed by atoms with van der Waals surface area (Å²) < 4.78 is 35.9. The number of nitrogens with zero attached hydrogens (tertiary/aromatic N) is 5. The van der Waals surface area contributed by atoms with Gasteiger partial charge in [-0.1, -0.05) is 6.58 Å². The smallest absolute Gasteiger partial charge is 0.247 e. The highest BCUT2D eigenvalue weighted by molar-refractivity contribution is 5.99. The minimum absolute atomic E-state index is 0.0372. The minimum Gasteiger partial charge on any atom is -0.497 e. The van der Waals surface area contributed by atoms with E-state index in [4.69, 9.17) is 4.74 Å². The van der Waals surface area contributed by atoms with Gasteiger partial charge in [-0.3, -0.25) is 9.48 Å². The maximum atomic E-state index is 14.8. The van der Waals surface area contributed by atoms with Gasteiger partial charge in [-0.05, 0) is 42.0 Å². The molecule has 0 aliphatic heterocycles. The molecule has 0 saturated carbocycles. The highest BCUT2D eigenvalue weighted by atomic mass is 19.1. The fourth-order valence-corrected chi connectivity index (χ4v) is 3.39. The molecule has 0 radical (unpaired) electrons. The molecular formula is C25H23F2N7O2. The number of hydrogen-bond donors (Lipinski definition) is 2. The first kappa shape index (κ1) is 24.3. The van der Waals surface area contributed by atoms with E-state index in [0.29, 0.717) is 22.6 Å². The van der Waals surface area contributed by atoms with Crippen molar-refractivity contribution in [2.24, 2.45) is 7.05 Å². The number of ether oxygens (including phenoxy) is 1. The second-order valence-corrected chi connectivity index (χ2v) is 7.76. The Morgan fingerprint density at radius 1 is 1.19 bits per heavy atom. The molecule has 2 heterocycles. The van der Waals surface area contributed by atoms with Gasteiger partial charge in [0.2, 0.25) is 11.9 Å². The quantitative estimate of drug-likeness (QED) is 0.342. The maximum absolute atomic E-state index is 14.8. The van der Waals surface area contributed by atoms with Crippen molar-refractivity contribution in [2.75, 3.05) is 29.7 Å². The van der Waals surface area contributed by atoms with Crippen molar-refractivity contribution in [3.8, 4) is 16.9 Å². The number of nitrogens with one attached hydrogen (secondary N) is 2. The van der Waals surface area contributed by atoms with Crippen LogP contribution in [0.3, 0.4) is 0 Å². The van der Waals surface area contributed by atoms with Crippen molar-refractivity contribution in [1.82, 2.24) is 19.7 Å². The van der Waals surface area contributed by atoms with Gasteiger partial charge in [-0.25, -0.2) is 13.8 Å². The van der Waals surface area contributed by atoms with Crippen LogP contribution < -0.4 is 20.3 Å². The van der Waals surface area contributed by atoms with Crippen LogP contribution in [0, 0.1) is 11.6 Å². The topological polar surface area (TPSA) is 97.2 Å². The van der Waals surface area contributed by atoms with Crippen molar-refractivity contribution in [3.63, 3.8) is 0 Å². The van der Waals surface area contributed by atoms with Gasteiger partial charge in [-0.15, -0.1) is 0 Å². The molecular weight excluding hydrogens is 468 g/mol. The van der Waals surface area contributed by atoms with Crippen LogP contribution in [0.4, 0.5) is 37.6 Å². The number of carbonyl (C=O) groups is 1. The Labute approximate surface area is 206 Å². The summed E-state index contributed by atoms with van der Waals surface area (Å²) in [5.41, 5.74) is 1.93. The van der Waals surface area contributed by atoms with Gasteiger partial charge in [0.25, 0.3) is 0 Å². The van der Waals surface area contributed by atoms with Crippen LogP contribution in [0.25, 0.3) is 11.1 Å². The first-order chi connectivity index (χ1) is 17.3. The summed E-state index contributed by atoms with van der Waals surface area (Å²) in [5, 5.41) is 9.71. The molecule has 0 spiro atoms. The molecule has 184 valence electrons. The summed E-state index contributed by atoms with van der Waals surface area (Å²) in [6, 6.07) is 8.20. The number of aryl methyl sites for hydroxylation is 1. The average Bonchev–Trinajstić information content (AvgIpc) is 3.31. The molecule has 0 bridgehead atoms. The number of rotatable bonds is 8. The van der Waals surface area contributed by atoms with Gasteiger partial charge in [0.1, 0.15) is 23.2 Å². The Morgan fingerprint density at radius 2 is 2.00 bits per heavy atom. The van der Waals surface area contributed by atoms with Crippen LogP contribution in [0.15, 0.2) is 67.6 Å². The van der Waals surface area contributed by atoms with E-state index in [0.717, 1.165) is 11.8 Å². The maximum Gasteiger partial charge on any atom is 0.247 e. The standard InChI is InChI=1S/C25H23F2N7O2/c1-5-23(35)30-17-6-7-21(27)22(11-17)31-24-20(15-8-16(26)10-19(9-15)36-4)13-28-25(32-24)34(3)18-12-29-33(2)14-18/h5-14H,1H2,2-4H3,(H,30,35)(H,28,31,32). The van der Waals surface area contributed by atoms with E-state index in [9.17, 15) is 13.6 Å². The summed E-state index contributed by atoms with van der Waals surface area (Å²) >= 11 is 0. The predicted molar refractivity (Wildman–Crippen MR) is 134 cm³/mol. The van der Waals surface area contributed by atoms with E-state index < -0.39 is 17.5 Å². The lowest BCUT2D eigenvalue weighted by Crippen LogP contribution is -2.14. The van der Waals surface area contributed by atoms with Crippen molar-refractivity contribution in [3.05, 3.63) is 79.3 Å². The number of amides is 1. The third-order valence-corrected chi connectivity index (χ3v) is 5.24. The Kier molecular flexibility index (Phi) is 6.91. The van der Waals surface area contributed by atoms with Crippen LogP contribution in [0.2, 0.25) is 0 Å². The summed E-state index contributed by atoms with van der Waals surface area (Å²) in [6.07, 6.45) is 6.05. The SMILES string of the molecule is C=CC(=O)Nc1ccc(F)c(Nc2nc(N(C)c3cnn(C)c3)ncc2-c2cc(F)cc(OC)c2)c1. The van der Waals surface area contributed by atoms with E-state index >= 15 is 0 Å². The van der Waals surface area contributed by atoms with Gasteiger partial charge in [0.05, 0.1) is 24.7 Å². The molecule has 4 rings (SSSR count). The molecule has 2 aromatic heterocycles. The lowest BCUT2D eigenvalue weighted by molar-refractivity contribution is -0.111. The molecule has 2 N–H and O–H groups in total. The van der Waals surface area contributed by atoms with Crippen LogP contribution >= 0.6 is 0 Å². The molecule has 1 amide bonds. The van der Waals surface area contributed by atoms with Crippen molar-refractivity contribution in [1.29, 1.82) is 0 Å². The predicted octanol–water partition coefficient (Wildman–Crippen LogP) is 4.80. The summed E-state index contributed by atoms with van der Waals surface area (Å²) in [4.78, 5) is 22.4. The van der Waals surface area contributed by atoms with Crippen LogP contribution in [0.5, 0.6) is 5.75 Å². The minimum atomic E-state index is -0.588. The van der Waals surface area contributed by atoms with Gasteiger partial charge in [0, 0.05) is 43.8 Å². The van der Waals surface area contributed by atoms with Gasteiger partial charge >= 0.3 is 0 Å². The van der Waals surface area contributed by atoms with Crippen LogP contribution in [-0.2, 0) is 11.8 Å². The molecule has 0 saturated heterocycles. The highest BCUT2D eigenvalue weighted by Crippen LogP contribution is 2.34. The lowest BCUT2D eigenvalue weighted by atomic mass is 10.1. The summed E-state index contributed by atoms with van der Waals surface area (Å²) in [6.45, 7) is 3.41. The molecule has 2 aromatic carbocycles. The summed E-state index contributed by atoms with van der Waals surface area (Å²) in [7, 11) is 4.97. The molecule has 0 atom stereocenters. The van der Waals surface area contributed by atoms with Gasteiger partial charge in [-0.2, -0.15) is 10.1 Å². The molecule has 0 aliphatic carbocycles. The zero-order valence-corrected chi connectivity index (χ0v) is 19.8. The zero-order chi connectivity index (χ0) is 25.8. The number of halogens is 2. The number of benzene rings is 2. The Bertz CT molecular complexity index is 1440. The largest absolute Gasteiger partial charge is 0.497 e. The van der Waals surface area contributed by atoms with E-state index in [1.807, 2.05) is 0 Å². The molecule has 36 heavy (non-hydrogen) atoms. The Balaban J connectivity index is 1.81. The van der Waals surface area contributed by atoms with Crippen molar-refractivity contribution in [2.45, 2.75) is 0 Å². The van der Waals surface area contributed by atoms with Crippen molar-refractivity contribution < 1.29 is 18.3 Å². The third kappa shape index (κ3) is 5.30. The number of anilines is 5. The normalized spacial score (nSPS) is 10.6. The second kappa shape index (κ2) is 10.2. The Morgan fingerprint density at radius 3 is 2.69 bits per heavy atom. The number of methoxy groups -OCH3 is 1. The molecule has 4 aromatic rings. The monoisotopic (exact) mass is 491 g/mol.